The molecule has 5 unspecified atom stereocenters. The SMILES string of the molecule is COC(C)CC(C)C1CCC2OC2C1. The second kappa shape index (κ2) is 4.19. The first kappa shape index (κ1) is 10.4. The Hall–Kier alpha value is -0.0800. The first-order valence-corrected chi connectivity index (χ1v) is 5.89. The molecule has 2 rings (SSSR count). The normalized spacial score (nSPS) is 40.1. The summed E-state index contributed by atoms with van der Waals surface area (Å²) in [4.78, 5) is 0. The molecule has 0 aromatic carbocycles. The quantitative estimate of drug-likeness (QED) is 0.648. The van der Waals surface area contributed by atoms with Gasteiger partial charge in [-0.2, -0.15) is 0 Å². The molecule has 2 nitrogen and oxygen atoms in total. The van der Waals surface area contributed by atoms with Gasteiger partial charge in [0.05, 0.1) is 18.3 Å². The molecule has 14 heavy (non-hydrogen) atoms. The van der Waals surface area contributed by atoms with Crippen LogP contribution >= 0.6 is 0 Å². The van der Waals surface area contributed by atoms with E-state index in [2.05, 4.69) is 13.8 Å². The summed E-state index contributed by atoms with van der Waals surface area (Å²) < 4.78 is 10.9. The van der Waals surface area contributed by atoms with Crippen LogP contribution in [-0.4, -0.2) is 25.4 Å². The molecule has 0 spiro atoms. The Kier molecular flexibility index (Phi) is 3.13. The van der Waals surface area contributed by atoms with Gasteiger partial charge in [-0.25, -0.2) is 0 Å². The number of fused-ring (bicyclic) bond motifs is 1. The van der Waals surface area contributed by atoms with Crippen LogP contribution in [0.25, 0.3) is 0 Å². The maximum absolute atomic E-state index is 5.56. The third-order valence-electron chi connectivity index (χ3n) is 3.96. The largest absolute Gasteiger partial charge is 0.382 e. The summed E-state index contributed by atoms with van der Waals surface area (Å²) in [6.07, 6.45) is 6.80. The minimum atomic E-state index is 0.405. The summed E-state index contributed by atoms with van der Waals surface area (Å²) in [5.74, 6) is 1.66. The van der Waals surface area contributed by atoms with Crippen molar-refractivity contribution in [2.45, 2.75) is 57.8 Å². The predicted molar refractivity (Wildman–Crippen MR) is 56.3 cm³/mol. The minimum absolute atomic E-state index is 0.405. The average Bonchev–Trinajstić information content (AvgIpc) is 2.94. The van der Waals surface area contributed by atoms with Gasteiger partial charge < -0.3 is 9.47 Å². The van der Waals surface area contributed by atoms with Crippen LogP contribution in [0.2, 0.25) is 0 Å². The fraction of sp³-hybridized carbons (Fsp3) is 1.00. The van der Waals surface area contributed by atoms with Gasteiger partial charge in [0.2, 0.25) is 0 Å². The number of hydrogen-bond donors (Lipinski definition) is 0. The van der Waals surface area contributed by atoms with E-state index in [-0.39, 0.29) is 0 Å². The number of epoxide rings is 1. The summed E-state index contributed by atoms with van der Waals surface area (Å²) >= 11 is 0. The van der Waals surface area contributed by atoms with Crippen molar-refractivity contribution in [1.82, 2.24) is 0 Å². The molecule has 0 bridgehead atoms. The standard InChI is InChI=1S/C12H22O2/c1-8(6-9(2)13-3)10-4-5-11-12(7-10)14-11/h8-12H,4-7H2,1-3H3. The number of hydrogen-bond acceptors (Lipinski definition) is 2. The Morgan fingerprint density at radius 1 is 1.29 bits per heavy atom. The van der Waals surface area contributed by atoms with E-state index in [9.17, 15) is 0 Å². The second-order valence-electron chi connectivity index (χ2n) is 5.05. The van der Waals surface area contributed by atoms with Crippen LogP contribution in [-0.2, 0) is 9.47 Å². The molecule has 0 aromatic heterocycles. The molecule has 1 aliphatic heterocycles. The molecule has 1 saturated heterocycles. The van der Waals surface area contributed by atoms with E-state index in [4.69, 9.17) is 9.47 Å². The third-order valence-corrected chi connectivity index (χ3v) is 3.96. The third kappa shape index (κ3) is 2.29. The molecule has 2 fully saturated rings. The Morgan fingerprint density at radius 2 is 2.07 bits per heavy atom. The molecule has 2 aliphatic rings. The summed E-state index contributed by atoms with van der Waals surface area (Å²) in [7, 11) is 1.80. The van der Waals surface area contributed by atoms with Crippen molar-refractivity contribution in [2.75, 3.05) is 7.11 Å². The fourth-order valence-corrected chi connectivity index (χ4v) is 2.76. The molecule has 0 amide bonds. The van der Waals surface area contributed by atoms with Gasteiger partial charge in [-0.05, 0) is 44.4 Å². The average molecular weight is 198 g/mol. The van der Waals surface area contributed by atoms with Crippen molar-refractivity contribution in [3.05, 3.63) is 0 Å². The van der Waals surface area contributed by atoms with E-state index >= 15 is 0 Å². The van der Waals surface area contributed by atoms with Crippen LogP contribution in [0.4, 0.5) is 0 Å². The summed E-state index contributed by atoms with van der Waals surface area (Å²) in [5.41, 5.74) is 0. The molecule has 5 atom stereocenters. The van der Waals surface area contributed by atoms with E-state index in [1.165, 1.54) is 25.7 Å². The monoisotopic (exact) mass is 198 g/mol. The highest BCUT2D eigenvalue weighted by atomic mass is 16.6. The van der Waals surface area contributed by atoms with Crippen LogP contribution in [0.3, 0.4) is 0 Å². The molecule has 0 N–H and O–H groups in total. The van der Waals surface area contributed by atoms with Crippen LogP contribution in [0.5, 0.6) is 0 Å². The first-order valence-electron chi connectivity index (χ1n) is 5.89. The van der Waals surface area contributed by atoms with E-state index in [1.54, 1.807) is 7.11 Å². The van der Waals surface area contributed by atoms with Crippen LogP contribution in [0.1, 0.15) is 39.5 Å². The highest BCUT2D eigenvalue weighted by Crippen LogP contribution is 2.42. The van der Waals surface area contributed by atoms with Gasteiger partial charge in [0, 0.05) is 7.11 Å². The molecule has 82 valence electrons. The highest BCUT2D eigenvalue weighted by molar-refractivity contribution is 4.93. The van der Waals surface area contributed by atoms with Crippen molar-refractivity contribution < 1.29 is 9.47 Å². The Morgan fingerprint density at radius 3 is 2.71 bits per heavy atom. The first-order chi connectivity index (χ1) is 6.70. The van der Waals surface area contributed by atoms with Gasteiger partial charge in [-0.15, -0.1) is 0 Å². The Bertz CT molecular complexity index is 193. The van der Waals surface area contributed by atoms with Gasteiger partial charge in [-0.1, -0.05) is 6.92 Å². The topological polar surface area (TPSA) is 21.8 Å². The lowest BCUT2D eigenvalue weighted by atomic mass is 9.79. The number of ether oxygens (including phenoxy) is 2. The van der Waals surface area contributed by atoms with Crippen LogP contribution in [0, 0.1) is 11.8 Å². The summed E-state index contributed by atoms with van der Waals surface area (Å²) in [6, 6.07) is 0. The van der Waals surface area contributed by atoms with E-state index in [1.807, 2.05) is 0 Å². The van der Waals surface area contributed by atoms with Crippen molar-refractivity contribution in [3.8, 4) is 0 Å². The zero-order chi connectivity index (χ0) is 10.1. The van der Waals surface area contributed by atoms with Gasteiger partial charge in [-0.3, -0.25) is 0 Å². The molecule has 1 aliphatic carbocycles. The van der Waals surface area contributed by atoms with Crippen molar-refractivity contribution in [2.24, 2.45) is 11.8 Å². The van der Waals surface area contributed by atoms with E-state index in [0.29, 0.717) is 18.3 Å². The number of methoxy groups -OCH3 is 1. The lowest BCUT2D eigenvalue weighted by molar-refractivity contribution is 0.0829. The maximum Gasteiger partial charge on any atom is 0.0844 e. The zero-order valence-electron chi connectivity index (χ0n) is 9.53. The molecule has 0 aromatic rings. The van der Waals surface area contributed by atoms with Crippen molar-refractivity contribution in [1.29, 1.82) is 0 Å². The van der Waals surface area contributed by atoms with Crippen LogP contribution in [0.15, 0.2) is 0 Å². The van der Waals surface area contributed by atoms with Crippen LogP contribution < -0.4 is 0 Å². The number of rotatable bonds is 4. The Labute approximate surface area is 87.0 Å². The highest BCUT2D eigenvalue weighted by Gasteiger charge is 2.44. The zero-order valence-corrected chi connectivity index (χ0v) is 9.53. The molecule has 2 heteroatoms. The molecule has 1 heterocycles. The second-order valence-corrected chi connectivity index (χ2v) is 5.05. The van der Waals surface area contributed by atoms with E-state index in [0.717, 1.165) is 11.8 Å². The Balaban J connectivity index is 1.76. The lowest BCUT2D eigenvalue weighted by Crippen LogP contribution is -2.23. The van der Waals surface area contributed by atoms with Gasteiger partial charge in [0.15, 0.2) is 0 Å². The summed E-state index contributed by atoms with van der Waals surface area (Å²) in [6.45, 7) is 4.53. The molecule has 1 saturated carbocycles. The smallest absolute Gasteiger partial charge is 0.0844 e. The van der Waals surface area contributed by atoms with Gasteiger partial charge >= 0.3 is 0 Å². The minimum Gasteiger partial charge on any atom is -0.382 e. The van der Waals surface area contributed by atoms with Crippen molar-refractivity contribution >= 4 is 0 Å². The van der Waals surface area contributed by atoms with Crippen molar-refractivity contribution in [3.63, 3.8) is 0 Å². The summed E-state index contributed by atoms with van der Waals surface area (Å²) in [5, 5.41) is 0. The molecular weight excluding hydrogens is 176 g/mol. The van der Waals surface area contributed by atoms with E-state index < -0.39 is 0 Å². The maximum atomic E-state index is 5.56. The molecule has 0 radical (unpaired) electrons. The predicted octanol–water partition coefficient (Wildman–Crippen LogP) is 2.62. The molecular formula is C12H22O2. The van der Waals surface area contributed by atoms with Gasteiger partial charge in [0.1, 0.15) is 0 Å². The lowest BCUT2D eigenvalue weighted by Gasteiger charge is -2.27. The van der Waals surface area contributed by atoms with Gasteiger partial charge in [0.25, 0.3) is 0 Å². The fourth-order valence-electron chi connectivity index (χ4n) is 2.76.